The Bertz CT molecular complexity index is 432. The highest BCUT2D eigenvalue weighted by molar-refractivity contribution is 5.70. The molecule has 4 heteroatoms. The van der Waals surface area contributed by atoms with Crippen molar-refractivity contribution in [3.63, 3.8) is 0 Å². The summed E-state index contributed by atoms with van der Waals surface area (Å²) in [6.07, 6.45) is 0.194. The van der Waals surface area contributed by atoms with Gasteiger partial charge in [0.15, 0.2) is 0 Å². The Labute approximate surface area is 109 Å². The standard InChI is InChI=1S/C14H22N2O2/c1-10-8-16(9-14(2,3)18-10)13-7-11(17-4)5-6-12(13)15/h5-7,10H,8-9,15H2,1-4H3. The summed E-state index contributed by atoms with van der Waals surface area (Å²) in [5.74, 6) is 0.830. The van der Waals surface area contributed by atoms with Gasteiger partial charge in [0.1, 0.15) is 5.75 Å². The molecule has 1 aliphatic heterocycles. The lowest BCUT2D eigenvalue weighted by atomic mass is 10.0. The monoisotopic (exact) mass is 250 g/mol. The molecular weight excluding hydrogens is 228 g/mol. The number of ether oxygens (including phenoxy) is 2. The van der Waals surface area contributed by atoms with E-state index in [1.807, 2.05) is 18.2 Å². The summed E-state index contributed by atoms with van der Waals surface area (Å²) in [6.45, 7) is 7.97. The van der Waals surface area contributed by atoms with Crippen molar-refractivity contribution < 1.29 is 9.47 Å². The van der Waals surface area contributed by atoms with Crippen molar-refractivity contribution in [1.29, 1.82) is 0 Å². The van der Waals surface area contributed by atoms with Gasteiger partial charge in [0.2, 0.25) is 0 Å². The van der Waals surface area contributed by atoms with Crippen LogP contribution in [0.1, 0.15) is 20.8 Å². The number of nitrogens with two attached hydrogens (primary N) is 1. The minimum absolute atomic E-state index is 0.160. The Hall–Kier alpha value is -1.42. The van der Waals surface area contributed by atoms with Gasteiger partial charge in [-0.05, 0) is 32.9 Å². The van der Waals surface area contributed by atoms with Crippen LogP contribution in [0.5, 0.6) is 5.75 Å². The van der Waals surface area contributed by atoms with E-state index < -0.39 is 0 Å². The third-order valence-electron chi connectivity index (χ3n) is 3.15. The molecule has 100 valence electrons. The Morgan fingerprint density at radius 3 is 2.78 bits per heavy atom. The molecule has 18 heavy (non-hydrogen) atoms. The summed E-state index contributed by atoms with van der Waals surface area (Å²) in [7, 11) is 1.67. The van der Waals surface area contributed by atoms with E-state index in [2.05, 4.69) is 25.7 Å². The normalized spacial score (nSPS) is 22.9. The smallest absolute Gasteiger partial charge is 0.121 e. The lowest BCUT2D eigenvalue weighted by Gasteiger charge is -2.43. The molecule has 0 aliphatic carbocycles. The molecule has 1 aromatic carbocycles. The Morgan fingerprint density at radius 2 is 2.17 bits per heavy atom. The predicted molar refractivity (Wildman–Crippen MR) is 74.2 cm³/mol. The summed E-state index contributed by atoms with van der Waals surface area (Å²) in [6, 6.07) is 5.76. The number of hydrogen-bond donors (Lipinski definition) is 1. The molecule has 0 bridgehead atoms. The predicted octanol–water partition coefficient (Wildman–Crippen LogP) is 2.28. The zero-order chi connectivity index (χ0) is 13.3. The number of benzene rings is 1. The summed E-state index contributed by atoms with van der Waals surface area (Å²) < 4.78 is 11.2. The van der Waals surface area contributed by atoms with Crippen LogP contribution >= 0.6 is 0 Å². The lowest BCUT2D eigenvalue weighted by molar-refractivity contribution is -0.0749. The van der Waals surface area contributed by atoms with Crippen LogP contribution in [0.15, 0.2) is 18.2 Å². The van der Waals surface area contributed by atoms with E-state index in [9.17, 15) is 0 Å². The van der Waals surface area contributed by atoms with E-state index >= 15 is 0 Å². The molecule has 1 aliphatic rings. The van der Waals surface area contributed by atoms with Crippen molar-refractivity contribution in [2.75, 3.05) is 30.8 Å². The van der Waals surface area contributed by atoms with Gasteiger partial charge in [0.25, 0.3) is 0 Å². The first-order valence-electron chi connectivity index (χ1n) is 6.27. The quantitative estimate of drug-likeness (QED) is 0.818. The third-order valence-corrected chi connectivity index (χ3v) is 3.15. The topological polar surface area (TPSA) is 47.7 Å². The zero-order valence-electron chi connectivity index (χ0n) is 11.6. The molecule has 1 fully saturated rings. The Morgan fingerprint density at radius 1 is 1.44 bits per heavy atom. The number of nitrogens with zero attached hydrogens (tertiary/aromatic N) is 1. The van der Waals surface area contributed by atoms with Gasteiger partial charge in [-0.3, -0.25) is 0 Å². The lowest BCUT2D eigenvalue weighted by Crippen LogP contribution is -2.52. The molecule has 2 N–H and O–H groups in total. The first-order chi connectivity index (χ1) is 8.41. The minimum atomic E-state index is -0.160. The Balaban J connectivity index is 2.30. The van der Waals surface area contributed by atoms with Gasteiger partial charge in [0, 0.05) is 19.2 Å². The van der Waals surface area contributed by atoms with Crippen LogP contribution in [-0.4, -0.2) is 31.9 Å². The third kappa shape index (κ3) is 2.70. The van der Waals surface area contributed by atoms with E-state index in [0.717, 1.165) is 30.2 Å². The highest BCUT2D eigenvalue weighted by atomic mass is 16.5. The van der Waals surface area contributed by atoms with Crippen LogP contribution in [0.25, 0.3) is 0 Å². The maximum atomic E-state index is 6.07. The molecule has 0 radical (unpaired) electrons. The molecule has 0 saturated carbocycles. The summed E-state index contributed by atoms with van der Waals surface area (Å²) in [4.78, 5) is 2.27. The number of morpholine rings is 1. The zero-order valence-corrected chi connectivity index (χ0v) is 11.6. The van der Waals surface area contributed by atoms with Gasteiger partial charge in [-0.15, -0.1) is 0 Å². The van der Waals surface area contributed by atoms with E-state index in [0.29, 0.717) is 0 Å². The van der Waals surface area contributed by atoms with E-state index in [1.54, 1.807) is 7.11 Å². The number of rotatable bonds is 2. The fourth-order valence-corrected chi connectivity index (χ4v) is 2.56. The molecule has 1 aromatic rings. The van der Waals surface area contributed by atoms with Gasteiger partial charge in [0.05, 0.1) is 30.2 Å². The maximum Gasteiger partial charge on any atom is 0.121 e. The summed E-state index contributed by atoms with van der Waals surface area (Å²) >= 11 is 0. The fraction of sp³-hybridized carbons (Fsp3) is 0.571. The molecule has 0 spiro atoms. The van der Waals surface area contributed by atoms with Gasteiger partial charge in [-0.2, -0.15) is 0 Å². The molecule has 1 unspecified atom stereocenters. The summed E-state index contributed by atoms with van der Waals surface area (Å²) in [5, 5.41) is 0. The first kappa shape index (κ1) is 13.0. The average Bonchev–Trinajstić information content (AvgIpc) is 2.27. The molecule has 1 atom stereocenters. The number of hydrogen-bond acceptors (Lipinski definition) is 4. The van der Waals surface area contributed by atoms with E-state index in [4.69, 9.17) is 15.2 Å². The van der Waals surface area contributed by atoms with Crippen molar-refractivity contribution in [3.05, 3.63) is 18.2 Å². The second-order valence-electron chi connectivity index (χ2n) is 5.49. The van der Waals surface area contributed by atoms with Gasteiger partial charge < -0.3 is 20.1 Å². The van der Waals surface area contributed by atoms with Crippen LogP contribution < -0.4 is 15.4 Å². The number of methoxy groups -OCH3 is 1. The van der Waals surface area contributed by atoms with E-state index in [1.165, 1.54) is 0 Å². The average molecular weight is 250 g/mol. The van der Waals surface area contributed by atoms with Gasteiger partial charge in [-0.1, -0.05) is 0 Å². The second-order valence-corrected chi connectivity index (χ2v) is 5.49. The molecule has 1 heterocycles. The van der Waals surface area contributed by atoms with Crippen LogP contribution in [-0.2, 0) is 4.74 Å². The second kappa shape index (κ2) is 4.69. The Kier molecular flexibility index (Phi) is 3.39. The SMILES string of the molecule is COc1ccc(N)c(N2CC(C)OC(C)(C)C2)c1. The van der Waals surface area contributed by atoms with Crippen LogP contribution in [0.4, 0.5) is 11.4 Å². The van der Waals surface area contributed by atoms with Gasteiger partial charge in [-0.25, -0.2) is 0 Å². The fourth-order valence-electron chi connectivity index (χ4n) is 2.56. The summed E-state index contributed by atoms with van der Waals surface area (Å²) in [5.41, 5.74) is 7.72. The highest BCUT2D eigenvalue weighted by Gasteiger charge is 2.32. The highest BCUT2D eigenvalue weighted by Crippen LogP contribution is 2.32. The largest absolute Gasteiger partial charge is 0.497 e. The van der Waals surface area contributed by atoms with Crippen molar-refractivity contribution in [1.82, 2.24) is 0 Å². The molecule has 0 amide bonds. The van der Waals surface area contributed by atoms with Gasteiger partial charge >= 0.3 is 0 Å². The van der Waals surface area contributed by atoms with Crippen LogP contribution in [0, 0.1) is 0 Å². The van der Waals surface area contributed by atoms with Crippen molar-refractivity contribution >= 4 is 11.4 Å². The molecule has 2 rings (SSSR count). The number of nitrogen functional groups attached to an aromatic ring is 1. The van der Waals surface area contributed by atoms with Crippen LogP contribution in [0.3, 0.4) is 0 Å². The molecule has 0 aromatic heterocycles. The molecule has 1 saturated heterocycles. The maximum absolute atomic E-state index is 6.07. The molecule has 4 nitrogen and oxygen atoms in total. The minimum Gasteiger partial charge on any atom is -0.497 e. The van der Waals surface area contributed by atoms with E-state index in [-0.39, 0.29) is 11.7 Å². The molecular formula is C14H22N2O2. The van der Waals surface area contributed by atoms with Crippen molar-refractivity contribution in [2.24, 2.45) is 0 Å². The number of anilines is 2. The van der Waals surface area contributed by atoms with Crippen molar-refractivity contribution in [3.8, 4) is 5.75 Å². The van der Waals surface area contributed by atoms with Crippen LogP contribution in [0.2, 0.25) is 0 Å². The van der Waals surface area contributed by atoms with Crippen molar-refractivity contribution in [2.45, 2.75) is 32.5 Å². The first-order valence-corrected chi connectivity index (χ1v) is 6.27.